The number of unbranched alkanes of at least 4 members (excludes halogenated alkanes) is 24. The lowest BCUT2D eigenvalue weighted by Gasteiger charge is -2.22. The Morgan fingerprint density at radius 3 is 1.53 bits per heavy atom. The van der Waals surface area contributed by atoms with Crippen molar-refractivity contribution in [2.45, 2.75) is 278 Å². The standard InChI is InChI=1S/C43H84N6O4.C12H26O/c1-5-8-11-14-17-18-19-24-29-36-49(38-31-35-46-43(48-52)41(47-51)42(44)45-4)37-30-25-20-23-28-34-40(50)53-39(32-26-21-15-12-9-6-2)33-27-22-16-13-10-7-3;1-4-6-7-8-9-10-11-12(5-2)13-3/h8,11,39,51-52H,5-7,9-10,12-38H2,1-4H3,(H2,44,45)(H,46,48);12H,4-11H2,1-3H3/b11-8?,47-41+;. The average molecular weight is 936 g/mol. The smallest absolute Gasteiger partial charge is 0.306 e. The molecule has 66 heavy (non-hydrogen) atoms. The highest BCUT2D eigenvalue weighted by Crippen LogP contribution is 2.19. The molecule has 0 spiro atoms. The van der Waals surface area contributed by atoms with Gasteiger partial charge in [0, 0.05) is 27.1 Å². The van der Waals surface area contributed by atoms with E-state index in [-0.39, 0.29) is 29.5 Å². The molecule has 1 unspecified atom stereocenters. The highest BCUT2D eigenvalue weighted by Gasteiger charge is 2.15. The molecule has 0 radical (unpaired) electrons. The van der Waals surface area contributed by atoms with Gasteiger partial charge in [0.15, 0.2) is 17.4 Å². The van der Waals surface area contributed by atoms with E-state index in [0.717, 1.165) is 83.8 Å². The second kappa shape index (κ2) is 53.5. The Balaban J connectivity index is 0. The van der Waals surface area contributed by atoms with Crippen molar-refractivity contribution in [1.29, 1.82) is 0 Å². The number of hydrogen-bond acceptors (Lipinski definition) is 9. The highest BCUT2D eigenvalue weighted by atomic mass is 16.5. The van der Waals surface area contributed by atoms with E-state index in [1.54, 1.807) is 0 Å². The van der Waals surface area contributed by atoms with Gasteiger partial charge in [-0.3, -0.25) is 25.5 Å². The van der Waals surface area contributed by atoms with Gasteiger partial charge in [0.2, 0.25) is 0 Å². The van der Waals surface area contributed by atoms with Gasteiger partial charge in [-0.05, 0) is 103 Å². The van der Waals surface area contributed by atoms with E-state index in [0.29, 0.717) is 19.1 Å². The number of esters is 1. The topological polar surface area (TPSA) is 154 Å². The second-order valence-corrected chi connectivity index (χ2v) is 18.6. The zero-order valence-corrected chi connectivity index (χ0v) is 44.6. The van der Waals surface area contributed by atoms with Gasteiger partial charge in [0.05, 0.1) is 6.10 Å². The summed E-state index contributed by atoms with van der Waals surface area (Å²) in [5, 5.41) is 21.9. The summed E-state index contributed by atoms with van der Waals surface area (Å²) in [6.07, 6.45) is 48.4. The number of carbonyl (C=O) groups excluding carboxylic acids is 1. The van der Waals surface area contributed by atoms with Gasteiger partial charge in [-0.25, -0.2) is 0 Å². The lowest BCUT2D eigenvalue weighted by Crippen LogP contribution is -2.38. The number of amidine groups is 2. The summed E-state index contributed by atoms with van der Waals surface area (Å²) in [5.41, 5.74) is 7.67. The molecule has 0 heterocycles. The molecule has 11 heteroatoms. The van der Waals surface area contributed by atoms with E-state index >= 15 is 0 Å². The van der Waals surface area contributed by atoms with Crippen LogP contribution in [0.4, 0.5) is 0 Å². The molecule has 0 bridgehead atoms. The molecule has 0 saturated carbocycles. The predicted molar refractivity (Wildman–Crippen MR) is 285 cm³/mol. The largest absolute Gasteiger partial charge is 0.462 e. The van der Waals surface area contributed by atoms with E-state index in [9.17, 15) is 15.2 Å². The summed E-state index contributed by atoms with van der Waals surface area (Å²) in [7, 11) is 3.31. The molecule has 0 aromatic carbocycles. The predicted octanol–water partition coefficient (Wildman–Crippen LogP) is 15.1. The van der Waals surface area contributed by atoms with E-state index < -0.39 is 0 Å². The second-order valence-electron chi connectivity index (χ2n) is 18.6. The average Bonchev–Trinajstić information content (AvgIpc) is 3.33. The molecule has 0 aliphatic carbocycles. The normalized spacial score (nSPS) is 12.9. The van der Waals surface area contributed by atoms with Crippen molar-refractivity contribution < 1.29 is 24.7 Å². The lowest BCUT2D eigenvalue weighted by molar-refractivity contribution is -0.150. The zero-order chi connectivity index (χ0) is 49.0. The molecule has 0 rings (SSSR count). The minimum absolute atomic E-state index is 0.000160. The maximum atomic E-state index is 12.8. The van der Waals surface area contributed by atoms with E-state index in [4.69, 9.17) is 15.2 Å². The number of methoxy groups -OCH3 is 1. The Hall–Kier alpha value is -2.50. The van der Waals surface area contributed by atoms with Crippen LogP contribution >= 0.6 is 0 Å². The Kier molecular flexibility index (Phi) is 53.1. The maximum absolute atomic E-state index is 12.8. The van der Waals surface area contributed by atoms with E-state index in [1.165, 1.54) is 168 Å². The zero-order valence-electron chi connectivity index (χ0n) is 44.6. The summed E-state index contributed by atoms with van der Waals surface area (Å²) in [6.45, 7) is 14.6. The van der Waals surface area contributed by atoms with Gasteiger partial charge in [-0.1, -0.05) is 193 Å². The molecule has 390 valence electrons. The van der Waals surface area contributed by atoms with E-state index in [1.807, 2.05) is 12.6 Å². The third kappa shape index (κ3) is 44.0. The monoisotopic (exact) mass is 935 g/mol. The van der Waals surface area contributed by atoms with Crippen molar-refractivity contribution in [3.05, 3.63) is 12.2 Å². The minimum Gasteiger partial charge on any atom is -0.462 e. The fourth-order valence-corrected chi connectivity index (χ4v) is 8.31. The summed E-state index contributed by atoms with van der Waals surface area (Å²) >= 11 is 0. The van der Waals surface area contributed by atoms with Gasteiger partial charge in [-0.15, -0.1) is 0 Å². The molecular formula is C55H110N6O5. The summed E-state index contributed by atoms with van der Waals surface area (Å²) in [6, 6.07) is 0. The van der Waals surface area contributed by atoms with Gasteiger partial charge >= 0.3 is 5.97 Å². The molecule has 0 fully saturated rings. The number of carbonyl (C=O) groups is 1. The quantitative estimate of drug-likeness (QED) is 0.00894. The van der Waals surface area contributed by atoms with Crippen LogP contribution in [0.3, 0.4) is 0 Å². The summed E-state index contributed by atoms with van der Waals surface area (Å²) in [5.74, 6) is -0.00494. The number of hydroxylamine groups is 1. The molecule has 5 N–H and O–H groups in total. The van der Waals surface area contributed by atoms with Crippen LogP contribution in [-0.4, -0.2) is 91.2 Å². The van der Waals surface area contributed by atoms with Gasteiger partial charge in [-0.2, -0.15) is 0 Å². The maximum Gasteiger partial charge on any atom is 0.306 e. The van der Waals surface area contributed by atoms with Crippen molar-refractivity contribution in [3.63, 3.8) is 0 Å². The third-order valence-corrected chi connectivity index (χ3v) is 12.6. The van der Waals surface area contributed by atoms with Crippen LogP contribution in [0.5, 0.6) is 0 Å². The van der Waals surface area contributed by atoms with Crippen LogP contribution < -0.4 is 11.2 Å². The van der Waals surface area contributed by atoms with Crippen LogP contribution in [0.2, 0.25) is 0 Å². The van der Waals surface area contributed by atoms with E-state index in [2.05, 4.69) is 66.8 Å². The Bertz CT molecular complexity index is 1130. The van der Waals surface area contributed by atoms with Crippen LogP contribution in [-0.2, 0) is 14.3 Å². The molecule has 1 atom stereocenters. The van der Waals surface area contributed by atoms with Crippen molar-refractivity contribution in [2.24, 2.45) is 20.9 Å². The van der Waals surface area contributed by atoms with Crippen LogP contribution in [0, 0.1) is 0 Å². The molecule has 11 nitrogen and oxygen atoms in total. The Morgan fingerprint density at radius 2 is 1.08 bits per heavy atom. The van der Waals surface area contributed by atoms with Crippen molar-refractivity contribution in [3.8, 4) is 0 Å². The number of nitrogens with two attached hydrogens (primary N) is 1. The molecule has 0 saturated heterocycles. The fourth-order valence-electron chi connectivity index (χ4n) is 8.31. The van der Waals surface area contributed by atoms with Gasteiger partial charge in [0.1, 0.15) is 6.10 Å². The number of nitrogens with zero attached hydrogens (tertiary/aromatic N) is 4. The number of ether oxygens (including phenoxy) is 2. The third-order valence-electron chi connectivity index (χ3n) is 12.6. The number of rotatable bonds is 47. The first-order valence-corrected chi connectivity index (χ1v) is 27.8. The fraction of sp³-hybridized carbons (Fsp3) is 0.891. The SMILES string of the molecule is CCC=CCCCCCCCN(CCCCCCCC(=O)OC(CCCCCCCC)CCCCCCCC)CCCN=C(NO)/C(=N/O)C(N)=NC.CCCCCCCCC(CC)OC. The van der Waals surface area contributed by atoms with Gasteiger partial charge in [0.25, 0.3) is 0 Å². The van der Waals surface area contributed by atoms with Crippen LogP contribution in [0.15, 0.2) is 27.3 Å². The first kappa shape index (κ1) is 65.6. The molecule has 0 aromatic rings. The van der Waals surface area contributed by atoms with Crippen molar-refractivity contribution >= 4 is 23.4 Å². The molecule has 0 aliphatic rings. The van der Waals surface area contributed by atoms with Crippen LogP contribution in [0.25, 0.3) is 0 Å². The molecular weight excluding hydrogens is 825 g/mol. The highest BCUT2D eigenvalue weighted by molar-refractivity contribution is 6.67. The number of hydrogen-bond donors (Lipinski definition) is 4. The van der Waals surface area contributed by atoms with Crippen molar-refractivity contribution in [2.75, 3.05) is 40.3 Å². The first-order valence-electron chi connectivity index (χ1n) is 27.8. The first-order chi connectivity index (χ1) is 32.3. The Morgan fingerprint density at radius 1 is 0.621 bits per heavy atom. The lowest BCUT2D eigenvalue weighted by atomic mass is 10.0. The molecule has 0 amide bonds. The van der Waals surface area contributed by atoms with Crippen LogP contribution in [0.1, 0.15) is 266 Å². The summed E-state index contributed by atoms with van der Waals surface area (Å²) in [4.78, 5) is 23.5. The van der Waals surface area contributed by atoms with Gasteiger partial charge < -0.3 is 25.3 Å². The number of allylic oxidation sites excluding steroid dienone is 2. The molecule has 0 aromatic heterocycles. The Labute approximate surface area is 408 Å². The number of oxime groups is 1. The summed E-state index contributed by atoms with van der Waals surface area (Å²) < 4.78 is 11.4. The number of nitrogens with one attached hydrogen (secondary N) is 1. The minimum atomic E-state index is -0.0774. The van der Waals surface area contributed by atoms with Crippen molar-refractivity contribution in [1.82, 2.24) is 10.4 Å². The molecule has 0 aliphatic heterocycles. The number of aliphatic imine (C=N–C) groups is 2.